The predicted molar refractivity (Wildman–Crippen MR) is 82.7 cm³/mol. The van der Waals surface area contributed by atoms with Gasteiger partial charge in [0.2, 0.25) is 0 Å². The second-order valence-electron chi connectivity index (χ2n) is 4.75. The molecule has 0 spiro atoms. The van der Waals surface area contributed by atoms with E-state index in [9.17, 15) is 5.11 Å². The van der Waals surface area contributed by atoms with Crippen LogP contribution in [0.25, 0.3) is 0 Å². The van der Waals surface area contributed by atoms with Crippen LogP contribution in [0.3, 0.4) is 0 Å². The van der Waals surface area contributed by atoms with E-state index in [0.717, 1.165) is 17.7 Å². The molecule has 0 fully saturated rings. The molecule has 0 aromatic heterocycles. The van der Waals surface area contributed by atoms with Crippen LogP contribution in [0.5, 0.6) is 11.5 Å². The highest BCUT2D eigenvalue weighted by Gasteiger charge is 2.11. The molecule has 0 saturated heterocycles. The lowest BCUT2D eigenvalue weighted by Gasteiger charge is -2.15. The van der Waals surface area contributed by atoms with Gasteiger partial charge in [0.1, 0.15) is 12.7 Å². The molecule has 4 heteroatoms. The van der Waals surface area contributed by atoms with Gasteiger partial charge in [-0.1, -0.05) is 36.4 Å². The maximum atomic E-state index is 10.1. The van der Waals surface area contributed by atoms with Crippen LogP contribution in [0, 0.1) is 0 Å². The van der Waals surface area contributed by atoms with Crippen LogP contribution in [0.15, 0.2) is 48.5 Å². The van der Waals surface area contributed by atoms with E-state index < -0.39 is 6.10 Å². The fraction of sp³-hybridized carbons (Fsp3) is 0.294. The van der Waals surface area contributed by atoms with Gasteiger partial charge in [-0.15, -0.1) is 0 Å². The van der Waals surface area contributed by atoms with E-state index in [1.54, 1.807) is 7.11 Å². The average molecular weight is 287 g/mol. The molecule has 0 bridgehead atoms. The van der Waals surface area contributed by atoms with E-state index in [1.165, 1.54) is 0 Å². The Morgan fingerprint density at radius 3 is 2.52 bits per heavy atom. The summed E-state index contributed by atoms with van der Waals surface area (Å²) >= 11 is 0. The number of nitrogens with one attached hydrogen (secondary N) is 1. The molecule has 0 radical (unpaired) electrons. The molecule has 1 unspecified atom stereocenters. The largest absolute Gasteiger partial charge is 0.493 e. The molecular weight excluding hydrogens is 266 g/mol. The van der Waals surface area contributed by atoms with E-state index in [-0.39, 0.29) is 6.61 Å². The Hall–Kier alpha value is -2.04. The number of ether oxygens (including phenoxy) is 2. The van der Waals surface area contributed by atoms with Gasteiger partial charge in [-0.05, 0) is 30.3 Å². The predicted octanol–water partition coefficient (Wildman–Crippen LogP) is 2.53. The van der Waals surface area contributed by atoms with Crippen LogP contribution in [-0.2, 0) is 6.54 Å². The van der Waals surface area contributed by atoms with Crippen LogP contribution in [0.4, 0.5) is 0 Å². The number of rotatable bonds is 7. The van der Waals surface area contributed by atoms with Gasteiger partial charge < -0.3 is 19.9 Å². The fourth-order valence-electron chi connectivity index (χ4n) is 2.09. The maximum Gasteiger partial charge on any atom is 0.161 e. The third-order valence-electron chi connectivity index (χ3n) is 3.19. The van der Waals surface area contributed by atoms with Gasteiger partial charge >= 0.3 is 0 Å². The van der Waals surface area contributed by atoms with Gasteiger partial charge in [0.05, 0.1) is 7.11 Å². The molecule has 0 aliphatic heterocycles. The lowest BCUT2D eigenvalue weighted by Crippen LogP contribution is -2.11. The van der Waals surface area contributed by atoms with E-state index in [1.807, 2.05) is 55.6 Å². The monoisotopic (exact) mass is 287 g/mol. The van der Waals surface area contributed by atoms with Crippen molar-refractivity contribution in [1.82, 2.24) is 5.32 Å². The van der Waals surface area contributed by atoms with Crippen molar-refractivity contribution in [2.24, 2.45) is 0 Å². The summed E-state index contributed by atoms with van der Waals surface area (Å²) < 4.78 is 11.0. The summed E-state index contributed by atoms with van der Waals surface area (Å²) in [5.74, 6) is 1.30. The highest BCUT2D eigenvalue weighted by Crippen LogP contribution is 2.29. The molecule has 2 aromatic rings. The first-order chi connectivity index (χ1) is 10.2. The SMILES string of the molecule is CNCc1ccc(OC)c(OCC(O)c2ccccc2)c1. The van der Waals surface area contributed by atoms with Crippen LogP contribution in [0.2, 0.25) is 0 Å². The third-order valence-corrected chi connectivity index (χ3v) is 3.19. The second kappa shape index (κ2) is 7.67. The summed E-state index contributed by atoms with van der Waals surface area (Å²) in [4.78, 5) is 0. The molecule has 112 valence electrons. The normalized spacial score (nSPS) is 12.0. The third kappa shape index (κ3) is 4.21. The Morgan fingerprint density at radius 1 is 1.10 bits per heavy atom. The lowest BCUT2D eigenvalue weighted by atomic mass is 10.1. The Balaban J connectivity index is 2.06. The van der Waals surface area contributed by atoms with Crippen molar-refractivity contribution >= 4 is 0 Å². The number of aliphatic hydroxyl groups is 1. The van der Waals surface area contributed by atoms with Crippen molar-refractivity contribution in [3.05, 3.63) is 59.7 Å². The molecule has 2 N–H and O–H groups in total. The summed E-state index contributed by atoms with van der Waals surface area (Å²) in [6.07, 6.45) is -0.663. The summed E-state index contributed by atoms with van der Waals surface area (Å²) in [5.41, 5.74) is 1.94. The molecule has 2 aromatic carbocycles. The van der Waals surface area contributed by atoms with E-state index >= 15 is 0 Å². The van der Waals surface area contributed by atoms with Crippen molar-refractivity contribution in [1.29, 1.82) is 0 Å². The number of hydrogen-bond acceptors (Lipinski definition) is 4. The molecule has 4 nitrogen and oxygen atoms in total. The Morgan fingerprint density at radius 2 is 1.86 bits per heavy atom. The highest BCUT2D eigenvalue weighted by atomic mass is 16.5. The van der Waals surface area contributed by atoms with Gasteiger partial charge in [0.15, 0.2) is 11.5 Å². The molecule has 0 aliphatic rings. The Bertz CT molecular complexity index is 557. The van der Waals surface area contributed by atoms with Crippen molar-refractivity contribution < 1.29 is 14.6 Å². The first-order valence-electron chi connectivity index (χ1n) is 6.92. The van der Waals surface area contributed by atoms with Gasteiger partial charge in [0.25, 0.3) is 0 Å². The minimum Gasteiger partial charge on any atom is -0.493 e. The molecule has 0 amide bonds. The van der Waals surface area contributed by atoms with E-state index in [2.05, 4.69) is 5.32 Å². The van der Waals surface area contributed by atoms with Crippen molar-refractivity contribution in [3.63, 3.8) is 0 Å². The quantitative estimate of drug-likeness (QED) is 0.821. The van der Waals surface area contributed by atoms with Gasteiger partial charge in [-0.25, -0.2) is 0 Å². The Kier molecular flexibility index (Phi) is 5.60. The number of methoxy groups -OCH3 is 1. The van der Waals surface area contributed by atoms with Crippen LogP contribution in [-0.4, -0.2) is 25.9 Å². The zero-order valence-electron chi connectivity index (χ0n) is 12.4. The van der Waals surface area contributed by atoms with Crippen LogP contribution in [0.1, 0.15) is 17.2 Å². The Labute approximate surface area is 125 Å². The summed E-state index contributed by atoms with van der Waals surface area (Å²) in [6, 6.07) is 15.2. The van der Waals surface area contributed by atoms with E-state index in [4.69, 9.17) is 9.47 Å². The van der Waals surface area contributed by atoms with Crippen LogP contribution < -0.4 is 14.8 Å². The highest BCUT2D eigenvalue weighted by molar-refractivity contribution is 5.43. The minimum absolute atomic E-state index is 0.184. The molecular formula is C17H21NO3. The zero-order chi connectivity index (χ0) is 15.1. The van der Waals surface area contributed by atoms with Crippen LogP contribution >= 0.6 is 0 Å². The molecule has 1 atom stereocenters. The van der Waals surface area contributed by atoms with Gasteiger partial charge in [-0.3, -0.25) is 0 Å². The average Bonchev–Trinajstić information content (AvgIpc) is 2.54. The summed E-state index contributed by atoms with van der Waals surface area (Å²) in [7, 11) is 3.50. The first kappa shape index (κ1) is 15.4. The topological polar surface area (TPSA) is 50.7 Å². The standard InChI is InChI=1S/C17H21NO3/c1-18-11-13-8-9-16(20-2)17(10-13)21-12-15(19)14-6-4-3-5-7-14/h3-10,15,18-19H,11-12H2,1-2H3. The summed E-state index contributed by atoms with van der Waals surface area (Å²) in [5, 5.41) is 13.2. The van der Waals surface area contributed by atoms with Crippen molar-refractivity contribution in [3.8, 4) is 11.5 Å². The first-order valence-corrected chi connectivity index (χ1v) is 6.92. The second-order valence-corrected chi connectivity index (χ2v) is 4.75. The van der Waals surface area contributed by atoms with E-state index in [0.29, 0.717) is 11.5 Å². The molecule has 2 rings (SSSR count). The summed E-state index contributed by atoms with van der Waals surface area (Å²) in [6.45, 7) is 0.935. The molecule has 0 saturated carbocycles. The van der Waals surface area contributed by atoms with Crippen molar-refractivity contribution in [2.45, 2.75) is 12.6 Å². The number of aliphatic hydroxyl groups excluding tert-OH is 1. The fourth-order valence-corrected chi connectivity index (χ4v) is 2.09. The molecule has 0 aliphatic carbocycles. The zero-order valence-corrected chi connectivity index (χ0v) is 12.4. The lowest BCUT2D eigenvalue weighted by molar-refractivity contribution is 0.106. The molecule has 21 heavy (non-hydrogen) atoms. The maximum absolute atomic E-state index is 10.1. The van der Waals surface area contributed by atoms with Gasteiger partial charge in [0, 0.05) is 6.54 Å². The smallest absolute Gasteiger partial charge is 0.161 e. The minimum atomic E-state index is -0.663. The van der Waals surface area contributed by atoms with Crippen molar-refractivity contribution in [2.75, 3.05) is 20.8 Å². The molecule has 0 heterocycles. The number of benzene rings is 2. The van der Waals surface area contributed by atoms with Gasteiger partial charge in [-0.2, -0.15) is 0 Å². The number of hydrogen-bond donors (Lipinski definition) is 2.